The maximum atomic E-state index is 8.69. The molecule has 0 aromatic heterocycles. The van der Waals surface area contributed by atoms with Gasteiger partial charge in [0.2, 0.25) is 0 Å². The average molecular weight is 123 g/mol. The molecule has 3 nitrogen and oxygen atoms in total. The van der Waals surface area contributed by atoms with Crippen LogP contribution >= 0.6 is 0 Å². The molecule has 0 aliphatic rings. The third-order valence-electron chi connectivity index (χ3n) is 0.959. The molecule has 0 aliphatic carbocycles. The first kappa shape index (κ1) is 5.75. The fourth-order valence-electron chi connectivity index (χ4n) is 0.512. The summed E-state index contributed by atoms with van der Waals surface area (Å²) in [5.41, 5.74) is 8.45. The number of phenols is 2. The van der Waals surface area contributed by atoms with Crippen LogP contribution in [0.4, 0.5) is 5.69 Å². The van der Waals surface area contributed by atoms with E-state index in [0.717, 1.165) is 6.07 Å². The van der Waals surface area contributed by atoms with Crippen molar-refractivity contribution in [2.75, 3.05) is 0 Å². The van der Waals surface area contributed by atoms with Crippen molar-refractivity contribution in [2.24, 2.45) is 0 Å². The van der Waals surface area contributed by atoms with Crippen molar-refractivity contribution in [3.8, 4) is 11.5 Å². The van der Waals surface area contributed by atoms with Crippen molar-refractivity contribution in [3.63, 3.8) is 0 Å². The van der Waals surface area contributed by atoms with E-state index in [-0.39, 0.29) is 17.2 Å². The molecular weight excluding hydrogens is 118 g/mol. The summed E-state index contributed by atoms with van der Waals surface area (Å²) < 4.78 is 0. The third kappa shape index (κ3) is 1.05. The molecule has 1 aromatic rings. The van der Waals surface area contributed by atoms with Gasteiger partial charge in [-0.2, -0.15) is 0 Å². The topological polar surface area (TPSA) is 62.8 Å². The van der Waals surface area contributed by atoms with Crippen LogP contribution in [0.2, 0.25) is 0 Å². The maximum Gasteiger partial charge on any atom is 0.146 e. The highest BCUT2D eigenvalue weighted by Gasteiger charge is 1.96. The number of hydrogen-bond acceptors (Lipinski definition) is 2. The predicted molar refractivity (Wildman–Crippen MR) is 31.6 cm³/mol. The summed E-state index contributed by atoms with van der Waals surface area (Å²) >= 11 is 0. The maximum absolute atomic E-state index is 8.69. The fourth-order valence-corrected chi connectivity index (χ4v) is 0.512. The summed E-state index contributed by atoms with van der Waals surface area (Å²) in [5, 5.41) is 17.4. The minimum absolute atomic E-state index is 0.0645. The number of phenolic OH excluding ortho intramolecular Hbond substituents is 2. The van der Waals surface area contributed by atoms with Crippen molar-refractivity contribution >= 4 is 5.69 Å². The number of aromatic hydroxyl groups is 2. The van der Waals surface area contributed by atoms with Gasteiger partial charge in [0.15, 0.2) is 0 Å². The molecule has 0 spiro atoms. The molecule has 0 fully saturated rings. The van der Waals surface area contributed by atoms with Crippen LogP contribution in [-0.2, 0) is 0 Å². The van der Waals surface area contributed by atoms with Crippen LogP contribution in [0.3, 0.4) is 0 Å². The van der Waals surface area contributed by atoms with Gasteiger partial charge in [-0.1, -0.05) is 0 Å². The lowest BCUT2D eigenvalue weighted by Gasteiger charge is -1.93. The molecule has 0 amide bonds. The van der Waals surface area contributed by atoms with Crippen LogP contribution in [0.1, 0.15) is 0 Å². The molecule has 2 N–H and O–H groups in total. The van der Waals surface area contributed by atoms with Gasteiger partial charge in [-0.25, -0.2) is 0 Å². The van der Waals surface area contributed by atoms with Crippen LogP contribution in [0.15, 0.2) is 18.2 Å². The second-order valence-electron chi connectivity index (χ2n) is 1.67. The van der Waals surface area contributed by atoms with Crippen LogP contribution in [0.5, 0.6) is 11.5 Å². The number of rotatable bonds is 0. The van der Waals surface area contributed by atoms with Gasteiger partial charge in [0.05, 0.1) is 0 Å². The van der Waals surface area contributed by atoms with E-state index in [1.165, 1.54) is 12.1 Å². The molecule has 0 saturated heterocycles. The Balaban J connectivity index is 3.17. The molecule has 0 unspecified atom stereocenters. The van der Waals surface area contributed by atoms with Gasteiger partial charge in [-0.15, -0.1) is 5.73 Å². The molecule has 0 atom stereocenters. The molecular formula is C6H5NO2. The van der Waals surface area contributed by atoms with E-state index in [1.807, 2.05) is 0 Å². The zero-order valence-corrected chi connectivity index (χ0v) is 4.57. The molecule has 0 heterocycles. The van der Waals surface area contributed by atoms with E-state index in [4.69, 9.17) is 15.9 Å². The predicted octanol–water partition coefficient (Wildman–Crippen LogP) is 0.798. The standard InChI is InChI=1S/C6H5NO2/c7-5-2-1-4(8)3-6(5)9/h1-3,8-9H. The van der Waals surface area contributed by atoms with Crippen molar-refractivity contribution in [1.82, 2.24) is 5.73 Å². The SMILES string of the molecule is [N]c1ccc(O)cc1O. The highest BCUT2D eigenvalue weighted by atomic mass is 16.3. The molecule has 9 heavy (non-hydrogen) atoms. The van der Waals surface area contributed by atoms with E-state index >= 15 is 0 Å². The molecule has 46 valence electrons. The summed E-state index contributed by atoms with van der Waals surface area (Å²) in [7, 11) is 0. The molecule has 0 saturated carbocycles. The lowest BCUT2D eigenvalue weighted by atomic mass is 10.3. The Kier molecular flexibility index (Phi) is 1.18. The minimum atomic E-state index is -0.310. The van der Waals surface area contributed by atoms with E-state index in [0.29, 0.717) is 0 Å². The Morgan fingerprint density at radius 2 is 1.89 bits per heavy atom. The van der Waals surface area contributed by atoms with Gasteiger partial charge < -0.3 is 10.2 Å². The minimum Gasteiger partial charge on any atom is -0.508 e. The molecule has 1 rings (SSSR count). The Labute approximate surface area is 52.4 Å². The molecule has 0 aliphatic heterocycles. The lowest BCUT2D eigenvalue weighted by molar-refractivity contribution is 0.451. The number of nitrogens with zero attached hydrogens (tertiary/aromatic N) is 1. The van der Waals surface area contributed by atoms with Crippen LogP contribution in [-0.4, -0.2) is 10.2 Å². The first-order valence-electron chi connectivity index (χ1n) is 2.41. The van der Waals surface area contributed by atoms with E-state index in [9.17, 15) is 0 Å². The van der Waals surface area contributed by atoms with Crippen LogP contribution in [0, 0.1) is 0 Å². The van der Waals surface area contributed by atoms with Crippen molar-refractivity contribution in [2.45, 2.75) is 0 Å². The summed E-state index contributed by atoms with van der Waals surface area (Å²) in [6, 6.07) is 3.56. The Morgan fingerprint density at radius 3 is 2.33 bits per heavy atom. The molecule has 3 heteroatoms. The first-order valence-corrected chi connectivity index (χ1v) is 2.41. The average Bonchev–Trinajstić information content (AvgIpc) is 1.80. The number of benzene rings is 1. The van der Waals surface area contributed by atoms with Crippen LogP contribution in [0.25, 0.3) is 0 Å². The van der Waals surface area contributed by atoms with Gasteiger partial charge in [0, 0.05) is 6.07 Å². The van der Waals surface area contributed by atoms with Crippen molar-refractivity contribution < 1.29 is 10.2 Å². The van der Waals surface area contributed by atoms with Crippen LogP contribution < -0.4 is 5.73 Å². The third-order valence-corrected chi connectivity index (χ3v) is 0.959. The van der Waals surface area contributed by atoms with Crippen molar-refractivity contribution in [3.05, 3.63) is 18.2 Å². The zero-order valence-electron chi connectivity index (χ0n) is 4.57. The Bertz CT molecular complexity index is 222. The largest absolute Gasteiger partial charge is 0.508 e. The normalized spacial score (nSPS) is 9.33. The summed E-state index contributed by atoms with van der Waals surface area (Å²) in [6.07, 6.45) is 0. The Morgan fingerprint density at radius 1 is 1.22 bits per heavy atom. The summed E-state index contributed by atoms with van der Waals surface area (Å²) in [4.78, 5) is 0. The molecule has 0 bridgehead atoms. The second kappa shape index (κ2) is 1.85. The van der Waals surface area contributed by atoms with Gasteiger partial charge in [-0.05, 0) is 12.1 Å². The monoisotopic (exact) mass is 123 g/mol. The smallest absolute Gasteiger partial charge is 0.146 e. The highest BCUT2D eigenvalue weighted by Crippen LogP contribution is 2.24. The highest BCUT2D eigenvalue weighted by molar-refractivity contribution is 5.51. The number of hydrogen-bond donors (Lipinski definition) is 2. The Hall–Kier alpha value is -1.38. The van der Waals surface area contributed by atoms with Gasteiger partial charge in [0.1, 0.15) is 17.2 Å². The summed E-state index contributed by atoms with van der Waals surface area (Å²) in [6.45, 7) is 0. The first-order chi connectivity index (χ1) is 4.20. The van der Waals surface area contributed by atoms with E-state index in [2.05, 4.69) is 0 Å². The zero-order chi connectivity index (χ0) is 6.85. The van der Waals surface area contributed by atoms with E-state index in [1.54, 1.807) is 0 Å². The fraction of sp³-hybridized carbons (Fsp3) is 0. The molecule has 1 aromatic carbocycles. The summed E-state index contributed by atoms with van der Waals surface area (Å²) in [5.74, 6) is -0.375. The quantitative estimate of drug-likeness (QED) is 0.535. The van der Waals surface area contributed by atoms with Gasteiger partial charge in [0.25, 0.3) is 0 Å². The lowest BCUT2D eigenvalue weighted by Crippen LogP contribution is -1.70. The van der Waals surface area contributed by atoms with Gasteiger partial charge in [-0.3, -0.25) is 0 Å². The van der Waals surface area contributed by atoms with Crippen molar-refractivity contribution in [1.29, 1.82) is 0 Å². The van der Waals surface area contributed by atoms with Gasteiger partial charge >= 0.3 is 0 Å². The van der Waals surface area contributed by atoms with E-state index < -0.39 is 0 Å². The molecule has 2 radical (unpaired) electrons. The second-order valence-corrected chi connectivity index (χ2v) is 1.67.